The van der Waals surface area contributed by atoms with Crippen molar-refractivity contribution in [3.8, 4) is 0 Å². The number of rotatable bonds is 1. The van der Waals surface area contributed by atoms with Crippen LogP contribution in [0.2, 0.25) is 0 Å². The summed E-state index contributed by atoms with van der Waals surface area (Å²) in [5.74, 6) is 0.387. The molecule has 1 fully saturated rings. The molecule has 0 spiro atoms. The van der Waals surface area contributed by atoms with Crippen LogP contribution in [-0.2, 0) is 10.3 Å². The van der Waals surface area contributed by atoms with Crippen molar-refractivity contribution < 1.29 is 9.70 Å². The second-order valence-corrected chi connectivity index (χ2v) is 5.25. The first-order valence-electron chi connectivity index (χ1n) is 6.77. The molecule has 1 saturated heterocycles. The number of nitrogens with one attached hydrogen (secondary N) is 2. The summed E-state index contributed by atoms with van der Waals surface area (Å²) in [6, 6.07) is 9.40. The fourth-order valence-corrected chi connectivity index (χ4v) is 2.45. The van der Waals surface area contributed by atoms with Gasteiger partial charge in [0.15, 0.2) is 0 Å². The van der Waals surface area contributed by atoms with Crippen molar-refractivity contribution in [3.63, 3.8) is 0 Å². The van der Waals surface area contributed by atoms with Gasteiger partial charge in [0.1, 0.15) is 11.4 Å². The molecule has 1 aromatic rings. The van der Waals surface area contributed by atoms with Crippen LogP contribution in [0.4, 0.5) is 0 Å². The largest absolute Gasteiger partial charge is 0.612 e. The van der Waals surface area contributed by atoms with E-state index in [1.54, 1.807) is 19.1 Å². The van der Waals surface area contributed by atoms with Crippen LogP contribution >= 0.6 is 0 Å². The average Bonchev–Trinajstić information content (AvgIpc) is 2.85. The van der Waals surface area contributed by atoms with Crippen molar-refractivity contribution in [2.75, 3.05) is 0 Å². The van der Waals surface area contributed by atoms with E-state index in [9.17, 15) is 15.2 Å². The molecule has 0 radical (unpaired) electrons. The summed E-state index contributed by atoms with van der Waals surface area (Å²) in [5, 5.41) is 27.4. The molecular weight excluding hydrogens is 282 g/mol. The van der Waals surface area contributed by atoms with Gasteiger partial charge in [0, 0.05) is 17.7 Å². The predicted molar refractivity (Wildman–Crippen MR) is 82.4 cm³/mol. The summed E-state index contributed by atoms with van der Waals surface area (Å²) < 4.78 is 0. The second kappa shape index (κ2) is 5.07. The fraction of sp³-hybridized carbons (Fsp3) is 0.125. The van der Waals surface area contributed by atoms with Crippen LogP contribution in [0.5, 0.6) is 0 Å². The molecule has 22 heavy (non-hydrogen) atoms. The van der Waals surface area contributed by atoms with Gasteiger partial charge in [-0.15, -0.1) is 0 Å². The van der Waals surface area contributed by atoms with Gasteiger partial charge in [-0.2, -0.15) is 4.90 Å². The third-order valence-corrected chi connectivity index (χ3v) is 3.79. The molecule has 112 valence electrons. The van der Waals surface area contributed by atoms with Crippen LogP contribution in [0.25, 0.3) is 0 Å². The number of benzene rings is 1. The molecule has 6 nitrogen and oxygen atoms in total. The molecule has 1 amide bonds. The minimum absolute atomic E-state index is 0.0134. The third-order valence-electron chi connectivity index (χ3n) is 3.79. The van der Waals surface area contributed by atoms with Crippen molar-refractivity contribution in [3.05, 3.63) is 82.0 Å². The van der Waals surface area contributed by atoms with Gasteiger partial charge in [-0.3, -0.25) is 4.79 Å². The molecule has 0 bridgehead atoms. The molecule has 1 heterocycles. The first kappa shape index (κ1) is 13.9. The van der Waals surface area contributed by atoms with Crippen LogP contribution < -0.4 is 10.6 Å². The average molecular weight is 296 g/mol. The molecule has 1 aliphatic carbocycles. The molecule has 1 atom stereocenters. The molecular formula is C16H14N3O3-. The highest BCUT2D eigenvalue weighted by Gasteiger charge is 2.42. The van der Waals surface area contributed by atoms with Crippen molar-refractivity contribution >= 4 is 11.6 Å². The Morgan fingerprint density at radius 3 is 2.27 bits per heavy atom. The fourth-order valence-electron chi connectivity index (χ4n) is 2.45. The zero-order valence-corrected chi connectivity index (χ0v) is 11.9. The second-order valence-electron chi connectivity index (χ2n) is 5.25. The first-order valence-corrected chi connectivity index (χ1v) is 6.77. The number of nitrogens with zero attached hydrogens (tertiary/aromatic N) is 1. The molecule has 1 unspecified atom stereocenters. The highest BCUT2D eigenvalue weighted by molar-refractivity contribution is 6.02. The Labute approximate surface area is 127 Å². The normalized spacial score (nSPS) is 23.5. The maximum Gasteiger partial charge on any atom is 0.255 e. The van der Waals surface area contributed by atoms with Gasteiger partial charge in [0.25, 0.3) is 5.91 Å². The minimum atomic E-state index is -0.863. The van der Waals surface area contributed by atoms with Crippen molar-refractivity contribution in [2.45, 2.75) is 12.5 Å². The Kier molecular flexibility index (Phi) is 3.21. The maximum atomic E-state index is 12.4. The van der Waals surface area contributed by atoms with Gasteiger partial charge in [-0.05, 0) is 24.6 Å². The van der Waals surface area contributed by atoms with Gasteiger partial charge in [-0.1, -0.05) is 30.3 Å². The lowest BCUT2D eigenvalue weighted by atomic mass is 9.92. The molecule has 1 aliphatic heterocycles. The summed E-state index contributed by atoms with van der Waals surface area (Å²) in [7, 11) is 0. The summed E-state index contributed by atoms with van der Waals surface area (Å²) >= 11 is 0. The lowest BCUT2D eigenvalue weighted by Gasteiger charge is -2.22. The molecule has 2 aliphatic rings. The Bertz CT molecular complexity index is 725. The third kappa shape index (κ3) is 2.24. The van der Waals surface area contributed by atoms with Crippen LogP contribution in [-0.4, -0.2) is 16.5 Å². The summed E-state index contributed by atoms with van der Waals surface area (Å²) in [6.45, 7) is 1.80. The van der Waals surface area contributed by atoms with E-state index in [4.69, 9.17) is 0 Å². The van der Waals surface area contributed by atoms with Crippen molar-refractivity contribution in [1.29, 1.82) is 0 Å². The van der Waals surface area contributed by atoms with Gasteiger partial charge in [0.2, 0.25) is 5.71 Å². The van der Waals surface area contributed by atoms with E-state index >= 15 is 0 Å². The number of hydrogen-bond acceptors (Lipinski definition) is 4. The van der Waals surface area contributed by atoms with Crippen LogP contribution in [0.15, 0.2) is 66.0 Å². The zero-order valence-electron chi connectivity index (χ0n) is 11.9. The van der Waals surface area contributed by atoms with E-state index in [0.717, 1.165) is 5.56 Å². The zero-order chi connectivity index (χ0) is 15.7. The van der Waals surface area contributed by atoms with Crippen molar-refractivity contribution in [2.24, 2.45) is 0 Å². The number of hydrogen-bond donors (Lipinski definition) is 2. The van der Waals surface area contributed by atoms with E-state index in [2.05, 4.69) is 10.6 Å². The van der Waals surface area contributed by atoms with Gasteiger partial charge < -0.3 is 21.0 Å². The number of carbonyl (C=O) groups excluding carboxylic acids is 1. The topological polar surface area (TPSA) is 90.3 Å². The summed E-state index contributed by atoms with van der Waals surface area (Å²) in [6.07, 6.45) is 6.04. The Balaban J connectivity index is 1.93. The quantitative estimate of drug-likeness (QED) is 0.605. The van der Waals surface area contributed by atoms with Crippen molar-refractivity contribution in [1.82, 2.24) is 10.6 Å². The van der Waals surface area contributed by atoms with E-state index in [0.29, 0.717) is 11.4 Å². The lowest BCUT2D eigenvalue weighted by molar-refractivity contribution is -0.377. The number of allylic oxidation sites excluding steroid dienone is 5. The monoisotopic (exact) mass is 296 g/mol. The highest BCUT2D eigenvalue weighted by atomic mass is 16.8. The van der Waals surface area contributed by atoms with Crippen LogP contribution in [0.3, 0.4) is 0 Å². The maximum absolute atomic E-state index is 12.4. The first-order chi connectivity index (χ1) is 10.5. The van der Waals surface area contributed by atoms with Gasteiger partial charge in [0.05, 0.1) is 0 Å². The molecule has 2 N–H and O–H groups in total. The van der Waals surface area contributed by atoms with Gasteiger partial charge in [-0.25, -0.2) is 0 Å². The van der Waals surface area contributed by atoms with E-state index < -0.39 is 10.4 Å². The Hall–Kier alpha value is -3.02. The Morgan fingerprint density at radius 1 is 1.05 bits per heavy atom. The minimum Gasteiger partial charge on any atom is -0.612 e. The molecule has 6 heteroatoms. The standard InChI is InChI=1S/C16H14N3O3/c1-16(12-5-3-2-4-6-12)15(20)17-14(18-16)11-7-9-13(10-8-11)19(21)22/h2-10,18H,1H3,(H-,17,20,21,22)/q-1. The summed E-state index contributed by atoms with van der Waals surface area (Å²) in [4.78, 5) is 11.9. The molecule has 0 saturated carbocycles. The molecule has 3 rings (SSSR count). The smallest absolute Gasteiger partial charge is 0.255 e. The highest BCUT2D eigenvalue weighted by Crippen LogP contribution is 2.28. The SMILES string of the molecule is CC1(c2ccccc2)NC(=C2C=CC(=[N+]([O-])[O-])C=C2)NC1=O. The van der Waals surface area contributed by atoms with Crippen LogP contribution in [0, 0.1) is 10.4 Å². The summed E-state index contributed by atoms with van der Waals surface area (Å²) in [5.41, 5.74) is 0.695. The number of carbonyl (C=O) groups is 1. The molecule has 0 aromatic heterocycles. The van der Waals surface area contributed by atoms with E-state index in [1.807, 2.05) is 30.3 Å². The number of amides is 1. The molecule has 1 aromatic carbocycles. The van der Waals surface area contributed by atoms with Gasteiger partial charge >= 0.3 is 0 Å². The predicted octanol–water partition coefficient (Wildman–Crippen LogP) is 1.41. The van der Waals surface area contributed by atoms with E-state index in [-0.39, 0.29) is 11.6 Å². The van der Waals surface area contributed by atoms with Crippen LogP contribution in [0.1, 0.15) is 12.5 Å². The van der Waals surface area contributed by atoms with E-state index in [1.165, 1.54) is 12.2 Å². The lowest BCUT2D eigenvalue weighted by Crippen LogP contribution is -2.39. The Morgan fingerprint density at radius 2 is 1.68 bits per heavy atom.